The van der Waals surface area contributed by atoms with Gasteiger partial charge in [-0.3, -0.25) is 9.59 Å². The van der Waals surface area contributed by atoms with Crippen molar-refractivity contribution < 1.29 is 19.1 Å². The molecule has 7 nitrogen and oxygen atoms in total. The van der Waals surface area contributed by atoms with E-state index in [-0.39, 0.29) is 18.4 Å². The van der Waals surface area contributed by atoms with E-state index in [1.54, 1.807) is 35.2 Å². The van der Waals surface area contributed by atoms with Gasteiger partial charge in [0.05, 0.1) is 26.4 Å². The van der Waals surface area contributed by atoms with Crippen LogP contribution in [0.4, 0.5) is 11.4 Å². The molecule has 1 fully saturated rings. The van der Waals surface area contributed by atoms with Crippen molar-refractivity contribution in [3.05, 3.63) is 54.1 Å². The SMILES string of the molecule is CCOc1ccc(NC(=O)CNc2cccc(C(=O)N3CCOCC3)c2)cc1. The fraction of sp³-hybridized carbons (Fsp3) is 0.333. The topological polar surface area (TPSA) is 79.9 Å². The summed E-state index contributed by atoms with van der Waals surface area (Å²) in [6.07, 6.45) is 0. The number of anilines is 2. The molecule has 0 radical (unpaired) electrons. The molecule has 1 aliphatic rings. The summed E-state index contributed by atoms with van der Waals surface area (Å²) in [4.78, 5) is 26.5. The van der Waals surface area contributed by atoms with Gasteiger partial charge in [-0.05, 0) is 49.4 Å². The maximum Gasteiger partial charge on any atom is 0.254 e. The van der Waals surface area contributed by atoms with Crippen molar-refractivity contribution in [3.8, 4) is 5.75 Å². The van der Waals surface area contributed by atoms with Gasteiger partial charge < -0.3 is 25.0 Å². The first kappa shape index (κ1) is 19.7. The number of hydrogen-bond donors (Lipinski definition) is 2. The van der Waals surface area contributed by atoms with Crippen LogP contribution in [0.5, 0.6) is 5.75 Å². The molecule has 1 aliphatic heterocycles. The van der Waals surface area contributed by atoms with Gasteiger partial charge in [-0.1, -0.05) is 6.07 Å². The molecule has 0 atom stereocenters. The summed E-state index contributed by atoms with van der Waals surface area (Å²) >= 11 is 0. The Kier molecular flexibility index (Phi) is 6.86. The zero-order chi connectivity index (χ0) is 19.8. The Balaban J connectivity index is 1.52. The van der Waals surface area contributed by atoms with E-state index in [1.165, 1.54) is 0 Å². The van der Waals surface area contributed by atoms with Gasteiger partial charge >= 0.3 is 0 Å². The largest absolute Gasteiger partial charge is 0.494 e. The first-order chi connectivity index (χ1) is 13.7. The van der Waals surface area contributed by atoms with E-state index < -0.39 is 0 Å². The van der Waals surface area contributed by atoms with Crippen molar-refractivity contribution in [1.29, 1.82) is 0 Å². The highest BCUT2D eigenvalue weighted by Gasteiger charge is 2.18. The molecule has 0 aromatic heterocycles. The second kappa shape index (κ2) is 9.75. The van der Waals surface area contributed by atoms with E-state index in [9.17, 15) is 9.59 Å². The number of morpholine rings is 1. The predicted octanol–water partition coefficient (Wildman–Crippen LogP) is 2.61. The molecule has 0 spiro atoms. The van der Waals surface area contributed by atoms with Crippen LogP contribution in [0.3, 0.4) is 0 Å². The van der Waals surface area contributed by atoms with Gasteiger partial charge in [0.2, 0.25) is 5.91 Å². The normalized spacial score (nSPS) is 13.7. The third-order valence-electron chi connectivity index (χ3n) is 4.31. The van der Waals surface area contributed by atoms with E-state index in [1.807, 2.05) is 25.1 Å². The molecule has 2 aromatic carbocycles. The van der Waals surface area contributed by atoms with E-state index in [4.69, 9.17) is 9.47 Å². The second-order valence-corrected chi connectivity index (χ2v) is 6.34. The van der Waals surface area contributed by atoms with Crippen molar-refractivity contribution in [1.82, 2.24) is 4.90 Å². The molecule has 0 bridgehead atoms. The summed E-state index contributed by atoms with van der Waals surface area (Å²) in [5.74, 6) is 0.570. The zero-order valence-corrected chi connectivity index (χ0v) is 15.9. The lowest BCUT2D eigenvalue weighted by molar-refractivity contribution is -0.114. The van der Waals surface area contributed by atoms with E-state index in [2.05, 4.69) is 10.6 Å². The fourth-order valence-electron chi connectivity index (χ4n) is 2.90. The number of ether oxygens (including phenoxy) is 2. The molecule has 2 amide bonds. The second-order valence-electron chi connectivity index (χ2n) is 6.34. The molecule has 148 valence electrons. The summed E-state index contributed by atoms with van der Waals surface area (Å²) in [7, 11) is 0. The summed E-state index contributed by atoms with van der Waals surface area (Å²) in [5, 5.41) is 5.89. The quantitative estimate of drug-likeness (QED) is 0.768. The molecule has 0 unspecified atom stereocenters. The number of nitrogens with zero attached hydrogens (tertiary/aromatic N) is 1. The molecule has 7 heteroatoms. The molecule has 1 heterocycles. The smallest absolute Gasteiger partial charge is 0.254 e. The molecule has 0 saturated carbocycles. The van der Waals surface area contributed by atoms with Crippen LogP contribution < -0.4 is 15.4 Å². The average Bonchev–Trinajstić information content (AvgIpc) is 2.74. The predicted molar refractivity (Wildman–Crippen MR) is 108 cm³/mol. The Hall–Kier alpha value is -3.06. The van der Waals surface area contributed by atoms with Crippen molar-refractivity contribution >= 4 is 23.2 Å². The molecule has 1 saturated heterocycles. The molecule has 0 aliphatic carbocycles. The van der Waals surface area contributed by atoms with Gasteiger partial charge in [-0.2, -0.15) is 0 Å². The highest BCUT2D eigenvalue weighted by Crippen LogP contribution is 2.16. The lowest BCUT2D eigenvalue weighted by Crippen LogP contribution is -2.40. The average molecular weight is 383 g/mol. The molecule has 28 heavy (non-hydrogen) atoms. The molecular formula is C21H25N3O4. The third-order valence-corrected chi connectivity index (χ3v) is 4.31. The number of carbonyl (C=O) groups excluding carboxylic acids is 2. The first-order valence-electron chi connectivity index (χ1n) is 9.39. The number of carbonyl (C=O) groups is 2. The molecule has 2 aromatic rings. The van der Waals surface area contributed by atoms with Crippen molar-refractivity contribution in [2.45, 2.75) is 6.92 Å². The summed E-state index contributed by atoms with van der Waals surface area (Å²) in [6.45, 7) is 4.95. The van der Waals surface area contributed by atoms with Crippen LogP contribution in [0.1, 0.15) is 17.3 Å². The lowest BCUT2D eigenvalue weighted by Gasteiger charge is -2.27. The molecule has 3 rings (SSSR count). The standard InChI is InChI=1S/C21H25N3O4/c1-2-28-19-8-6-17(7-9-19)23-20(25)15-22-18-5-3-4-16(14-18)21(26)24-10-12-27-13-11-24/h3-9,14,22H,2,10-13,15H2,1H3,(H,23,25). The minimum Gasteiger partial charge on any atom is -0.494 e. The fourth-order valence-corrected chi connectivity index (χ4v) is 2.90. The number of nitrogens with one attached hydrogen (secondary N) is 2. The summed E-state index contributed by atoms with van der Waals surface area (Å²) in [5.41, 5.74) is 2.02. The van der Waals surface area contributed by atoms with Crippen LogP contribution in [-0.2, 0) is 9.53 Å². The maximum atomic E-state index is 12.6. The molecule has 2 N–H and O–H groups in total. The number of rotatable bonds is 7. The van der Waals surface area contributed by atoms with Gasteiger partial charge in [0.15, 0.2) is 0 Å². The van der Waals surface area contributed by atoms with Gasteiger partial charge in [0.1, 0.15) is 5.75 Å². The van der Waals surface area contributed by atoms with Gasteiger partial charge in [0.25, 0.3) is 5.91 Å². The highest BCUT2D eigenvalue weighted by molar-refractivity contribution is 5.96. The number of benzene rings is 2. The van der Waals surface area contributed by atoms with Gasteiger partial charge in [-0.25, -0.2) is 0 Å². The Bertz CT molecular complexity index is 802. The maximum absolute atomic E-state index is 12.6. The minimum atomic E-state index is -0.172. The van der Waals surface area contributed by atoms with Crippen molar-refractivity contribution in [2.24, 2.45) is 0 Å². The third kappa shape index (κ3) is 5.47. The number of hydrogen-bond acceptors (Lipinski definition) is 5. The Morgan fingerprint density at radius 2 is 1.82 bits per heavy atom. The van der Waals surface area contributed by atoms with E-state index in [0.29, 0.717) is 44.2 Å². The van der Waals surface area contributed by atoms with Gasteiger partial charge in [-0.15, -0.1) is 0 Å². The number of amides is 2. The van der Waals surface area contributed by atoms with Crippen LogP contribution in [-0.4, -0.2) is 56.2 Å². The van der Waals surface area contributed by atoms with Crippen LogP contribution >= 0.6 is 0 Å². The Morgan fingerprint density at radius 3 is 2.54 bits per heavy atom. The zero-order valence-electron chi connectivity index (χ0n) is 15.9. The minimum absolute atomic E-state index is 0.0224. The van der Waals surface area contributed by atoms with Crippen LogP contribution in [0.15, 0.2) is 48.5 Å². The first-order valence-corrected chi connectivity index (χ1v) is 9.39. The summed E-state index contributed by atoms with van der Waals surface area (Å²) in [6, 6.07) is 14.4. The summed E-state index contributed by atoms with van der Waals surface area (Å²) < 4.78 is 10.7. The van der Waals surface area contributed by atoms with Crippen molar-refractivity contribution in [2.75, 3.05) is 50.1 Å². The monoisotopic (exact) mass is 383 g/mol. The molecular weight excluding hydrogens is 358 g/mol. The highest BCUT2D eigenvalue weighted by atomic mass is 16.5. The Morgan fingerprint density at radius 1 is 1.07 bits per heavy atom. The van der Waals surface area contributed by atoms with Crippen LogP contribution in [0, 0.1) is 0 Å². The van der Waals surface area contributed by atoms with Crippen LogP contribution in [0.25, 0.3) is 0 Å². The Labute approximate surface area is 164 Å². The van der Waals surface area contributed by atoms with Crippen molar-refractivity contribution in [3.63, 3.8) is 0 Å². The van der Waals surface area contributed by atoms with E-state index in [0.717, 1.165) is 11.4 Å². The van der Waals surface area contributed by atoms with E-state index >= 15 is 0 Å². The van der Waals surface area contributed by atoms with Crippen LogP contribution in [0.2, 0.25) is 0 Å². The van der Waals surface area contributed by atoms with Gasteiger partial charge in [0, 0.05) is 30.0 Å². The lowest BCUT2D eigenvalue weighted by atomic mass is 10.1.